The van der Waals surface area contributed by atoms with E-state index in [1.54, 1.807) is 18.2 Å². The lowest BCUT2D eigenvalue weighted by molar-refractivity contribution is 0.577. The molecule has 11 heteroatoms. The second-order valence-corrected chi connectivity index (χ2v) is 6.35. The van der Waals surface area contributed by atoms with Crippen LogP contribution in [0.3, 0.4) is 0 Å². The van der Waals surface area contributed by atoms with Crippen LogP contribution < -0.4 is 10.3 Å². The molecule has 0 saturated carbocycles. The maximum atomic E-state index is 11.4. The van der Waals surface area contributed by atoms with Crippen molar-refractivity contribution in [3.05, 3.63) is 30.3 Å². The molecule has 2 rings (SSSR count). The van der Waals surface area contributed by atoms with Crippen molar-refractivity contribution < 1.29 is 16.8 Å². The van der Waals surface area contributed by atoms with Crippen LogP contribution >= 0.6 is 0 Å². The molecule has 0 spiro atoms. The fourth-order valence-corrected chi connectivity index (χ4v) is 2.38. The first-order valence-electron chi connectivity index (χ1n) is 4.78. The zero-order valence-corrected chi connectivity index (χ0v) is 11.0. The van der Waals surface area contributed by atoms with Gasteiger partial charge in [-0.15, -0.1) is 9.19 Å². The van der Waals surface area contributed by atoms with Gasteiger partial charge in [0.05, 0.1) is 0 Å². The normalized spacial score (nSPS) is 12.5. The summed E-state index contributed by atoms with van der Waals surface area (Å²) < 4.78 is 45.4. The number of hydrogen-bond donors (Lipinski definition) is 2. The van der Waals surface area contributed by atoms with Crippen molar-refractivity contribution in [3.8, 4) is 11.4 Å². The summed E-state index contributed by atoms with van der Waals surface area (Å²) in [7, 11) is -8.53. The third kappa shape index (κ3) is 2.78. The first-order valence-corrected chi connectivity index (χ1v) is 7.83. The van der Waals surface area contributed by atoms with Crippen LogP contribution in [-0.4, -0.2) is 31.0 Å². The van der Waals surface area contributed by atoms with Crippen LogP contribution in [0.25, 0.3) is 11.4 Å². The third-order valence-electron chi connectivity index (χ3n) is 2.09. The number of primary sulfonamides is 1. The minimum absolute atomic E-state index is 0.230. The molecule has 0 aliphatic carbocycles. The third-order valence-corrected chi connectivity index (χ3v) is 3.51. The van der Waals surface area contributed by atoms with Gasteiger partial charge in [0.25, 0.3) is 15.2 Å². The Kier molecular flexibility index (Phi) is 3.14. The van der Waals surface area contributed by atoms with Gasteiger partial charge in [0.15, 0.2) is 5.82 Å². The molecule has 0 fully saturated rings. The number of aromatic nitrogens is 3. The minimum atomic E-state index is -4.30. The summed E-state index contributed by atoms with van der Waals surface area (Å²) in [6.45, 7) is 0. The molecule has 19 heavy (non-hydrogen) atoms. The van der Waals surface area contributed by atoms with Gasteiger partial charge in [-0.2, -0.15) is 13.4 Å². The van der Waals surface area contributed by atoms with Crippen LogP contribution in [0.2, 0.25) is 0 Å². The molecule has 102 valence electrons. The maximum Gasteiger partial charge on any atom is 0.319 e. The molecule has 0 amide bonds. The van der Waals surface area contributed by atoms with Gasteiger partial charge < -0.3 is 0 Å². The Morgan fingerprint density at radius 2 is 1.58 bits per heavy atom. The topological polar surface area (TPSA) is 151 Å². The van der Waals surface area contributed by atoms with Gasteiger partial charge in [-0.1, -0.05) is 30.3 Å². The lowest BCUT2D eigenvalue weighted by atomic mass is 10.2. The van der Waals surface area contributed by atoms with Crippen molar-refractivity contribution in [3.63, 3.8) is 0 Å². The van der Waals surface area contributed by atoms with Crippen molar-refractivity contribution in [2.24, 2.45) is 10.3 Å². The summed E-state index contributed by atoms with van der Waals surface area (Å²) in [6, 6.07) is 7.99. The number of nitrogens with zero attached hydrogens (tertiary/aromatic N) is 3. The van der Waals surface area contributed by atoms with Crippen LogP contribution in [-0.2, 0) is 20.2 Å². The molecular weight excluding hydrogens is 294 g/mol. The zero-order chi connectivity index (χ0) is 14.3. The first-order chi connectivity index (χ1) is 8.69. The molecule has 1 aromatic heterocycles. The number of benzene rings is 1. The van der Waals surface area contributed by atoms with Crippen LogP contribution in [0.5, 0.6) is 0 Å². The fraction of sp³-hybridized carbons (Fsp3) is 0. The van der Waals surface area contributed by atoms with Crippen molar-refractivity contribution in [1.29, 1.82) is 0 Å². The summed E-state index contributed by atoms with van der Waals surface area (Å²) in [5, 5.41) is 12.3. The second-order valence-electron chi connectivity index (χ2n) is 3.52. The van der Waals surface area contributed by atoms with Gasteiger partial charge in [-0.05, 0) is 0 Å². The number of nitrogens with two attached hydrogens (primary N) is 2. The van der Waals surface area contributed by atoms with Gasteiger partial charge in [0.2, 0.25) is 0 Å². The molecule has 0 unspecified atom stereocenters. The van der Waals surface area contributed by atoms with E-state index >= 15 is 0 Å². The molecule has 0 bridgehead atoms. The standard InChI is InChI=1S/C8H9N5O4S2/c9-18(14,15)8-11-7(6-4-2-1-3-5-6)13(12-8)19(10,16)17/h1-5H,(H2,9,14,15)(H2,10,16,17). The predicted octanol–water partition coefficient (Wildman–Crippen LogP) is -1.36. The quantitative estimate of drug-likeness (QED) is 0.714. The van der Waals surface area contributed by atoms with Gasteiger partial charge >= 0.3 is 10.2 Å². The lowest BCUT2D eigenvalue weighted by Crippen LogP contribution is -2.24. The Morgan fingerprint density at radius 1 is 1.00 bits per heavy atom. The molecule has 2 aromatic rings. The smallest absolute Gasteiger partial charge is 0.222 e. The summed E-state index contributed by atoms with van der Waals surface area (Å²) in [4.78, 5) is 3.60. The number of hydrogen-bond acceptors (Lipinski definition) is 6. The van der Waals surface area contributed by atoms with Crippen LogP contribution in [0.4, 0.5) is 0 Å². The molecule has 0 saturated heterocycles. The average Bonchev–Trinajstić information content (AvgIpc) is 2.74. The predicted molar refractivity (Wildman–Crippen MR) is 65.3 cm³/mol. The summed E-state index contributed by atoms with van der Waals surface area (Å²) in [5.74, 6) is -0.230. The molecule has 1 heterocycles. The molecule has 9 nitrogen and oxygen atoms in total. The molecule has 0 aliphatic heterocycles. The van der Waals surface area contributed by atoms with E-state index in [2.05, 4.69) is 10.1 Å². The number of rotatable bonds is 3. The molecular formula is C8H9N5O4S2. The zero-order valence-electron chi connectivity index (χ0n) is 9.33. The molecule has 0 atom stereocenters. The highest BCUT2D eigenvalue weighted by Crippen LogP contribution is 2.18. The van der Waals surface area contributed by atoms with E-state index in [4.69, 9.17) is 10.3 Å². The van der Waals surface area contributed by atoms with Gasteiger partial charge in [0, 0.05) is 5.56 Å². The monoisotopic (exact) mass is 303 g/mol. The van der Waals surface area contributed by atoms with E-state index in [1.807, 2.05) is 0 Å². The Labute approximate surface area is 109 Å². The second kappa shape index (κ2) is 4.38. The van der Waals surface area contributed by atoms with Crippen molar-refractivity contribution in [2.45, 2.75) is 5.16 Å². The highest BCUT2D eigenvalue weighted by molar-refractivity contribution is 7.89. The van der Waals surface area contributed by atoms with Gasteiger partial charge in [0.1, 0.15) is 0 Å². The van der Waals surface area contributed by atoms with E-state index in [1.165, 1.54) is 12.1 Å². The van der Waals surface area contributed by atoms with Crippen molar-refractivity contribution in [2.75, 3.05) is 0 Å². The van der Waals surface area contributed by atoms with E-state index in [9.17, 15) is 16.8 Å². The minimum Gasteiger partial charge on any atom is -0.222 e. The van der Waals surface area contributed by atoms with Crippen LogP contribution in [0.15, 0.2) is 35.5 Å². The van der Waals surface area contributed by atoms with Crippen molar-refractivity contribution in [1.82, 2.24) is 14.2 Å². The molecule has 1 aromatic carbocycles. The van der Waals surface area contributed by atoms with E-state index in [0.29, 0.717) is 9.65 Å². The number of sulfonamides is 1. The summed E-state index contributed by atoms with van der Waals surface area (Å²) >= 11 is 0. The van der Waals surface area contributed by atoms with Crippen molar-refractivity contribution >= 4 is 20.2 Å². The highest BCUT2D eigenvalue weighted by atomic mass is 32.2. The SMILES string of the molecule is NS(=O)(=O)c1nc(-c2ccccc2)n(S(N)(=O)=O)n1. The van der Waals surface area contributed by atoms with E-state index in [0.717, 1.165) is 0 Å². The van der Waals surface area contributed by atoms with E-state index in [-0.39, 0.29) is 5.82 Å². The lowest BCUT2D eigenvalue weighted by Gasteiger charge is -2.01. The molecule has 0 aliphatic rings. The van der Waals surface area contributed by atoms with Crippen LogP contribution in [0, 0.1) is 0 Å². The Bertz CT molecular complexity index is 810. The summed E-state index contributed by atoms with van der Waals surface area (Å²) in [6.07, 6.45) is 0. The first kappa shape index (κ1) is 13.6. The molecule has 0 radical (unpaired) electrons. The van der Waals surface area contributed by atoms with E-state index < -0.39 is 25.4 Å². The summed E-state index contributed by atoms with van der Waals surface area (Å²) in [5.41, 5.74) is 0.332. The Hall–Kier alpha value is -1.82. The fourth-order valence-electron chi connectivity index (χ4n) is 1.34. The average molecular weight is 303 g/mol. The Morgan fingerprint density at radius 3 is 2.05 bits per heavy atom. The van der Waals surface area contributed by atoms with Crippen LogP contribution in [0.1, 0.15) is 0 Å². The Balaban J connectivity index is 2.77. The van der Waals surface area contributed by atoms with Gasteiger partial charge in [-0.3, -0.25) is 0 Å². The molecule has 4 N–H and O–H groups in total. The maximum absolute atomic E-state index is 11.4. The highest BCUT2D eigenvalue weighted by Gasteiger charge is 2.24. The largest absolute Gasteiger partial charge is 0.319 e. The van der Waals surface area contributed by atoms with Gasteiger partial charge in [-0.25, -0.2) is 18.7 Å².